The van der Waals surface area contributed by atoms with Gasteiger partial charge in [-0.3, -0.25) is 0 Å². The van der Waals surface area contributed by atoms with E-state index in [9.17, 15) is 0 Å². The van der Waals surface area contributed by atoms with E-state index < -0.39 is 0 Å². The van der Waals surface area contributed by atoms with E-state index in [0.29, 0.717) is 0 Å². The van der Waals surface area contributed by atoms with Gasteiger partial charge in [-0.1, -0.05) is 22.6 Å². The fraction of sp³-hybridized carbons (Fsp3) is 0.750. The third-order valence-electron chi connectivity index (χ3n) is 0.469. The van der Waals surface area contributed by atoms with Gasteiger partial charge in [0.05, 0.1) is 0 Å². The Labute approximate surface area is 51.8 Å². The van der Waals surface area contributed by atoms with E-state index in [4.69, 9.17) is 5.41 Å². The summed E-state index contributed by atoms with van der Waals surface area (Å²) in [4.78, 5) is 0. The maximum absolute atomic E-state index is 6.89. The molecule has 1 N–H and O–H groups in total. The molecule has 0 aromatic carbocycles. The molecule has 0 saturated carbocycles. The van der Waals surface area contributed by atoms with E-state index in [1.165, 1.54) is 0 Å². The van der Waals surface area contributed by atoms with Crippen LogP contribution < -0.4 is 0 Å². The lowest BCUT2D eigenvalue weighted by Crippen LogP contribution is -1.85. The molecule has 0 unspecified atom stereocenters. The van der Waals surface area contributed by atoms with Crippen molar-refractivity contribution in [3.05, 3.63) is 0 Å². The quantitative estimate of drug-likeness (QED) is 0.396. The van der Waals surface area contributed by atoms with Gasteiger partial charge in [-0.25, -0.2) is 0 Å². The molecule has 0 atom stereocenters. The monoisotopic (exact) mass is 197 g/mol. The maximum atomic E-state index is 6.89. The second kappa shape index (κ2) is 3.59. The lowest BCUT2D eigenvalue weighted by atomic mass is 10.3. The van der Waals surface area contributed by atoms with Crippen molar-refractivity contribution in [1.29, 1.82) is 5.41 Å². The lowest BCUT2D eigenvalue weighted by Gasteiger charge is -1.83. The normalized spacial score (nSPS) is 8.33. The van der Waals surface area contributed by atoms with Crippen molar-refractivity contribution < 1.29 is 0 Å². The van der Waals surface area contributed by atoms with Crippen LogP contribution in [0, 0.1) is 5.41 Å². The predicted octanol–water partition coefficient (Wildman–Crippen LogP) is 1.85. The molecule has 0 aliphatic rings. The fourth-order valence-electron chi connectivity index (χ4n) is 0.142. The van der Waals surface area contributed by atoms with Crippen molar-refractivity contribution in [2.75, 3.05) is 4.43 Å². The second-order valence-electron chi connectivity index (χ2n) is 1.22. The number of alkyl halides is 1. The first-order chi connectivity index (χ1) is 2.77. The fourth-order valence-corrected chi connectivity index (χ4v) is 0.951. The molecule has 0 rings (SSSR count). The number of hydrogen-bond acceptors (Lipinski definition) is 1. The predicted molar refractivity (Wildman–Crippen MR) is 36.9 cm³/mol. The van der Waals surface area contributed by atoms with Crippen LogP contribution in [-0.4, -0.2) is 10.1 Å². The van der Waals surface area contributed by atoms with Crippen molar-refractivity contribution in [3.63, 3.8) is 0 Å². The minimum atomic E-state index is 0.782. The molecule has 0 spiro atoms. The molecule has 0 aliphatic carbocycles. The highest BCUT2D eigenvalue weighted by Crippen LogP contribution is 1.87. The minimum absolute atomic E-state index is 0.782. The van der Waals surface area contributed by atoms with Crippen LogP contribution in [0.25, 0.3) is 0 Å². The van der Waals surface area contributed by atoms with Gasteiger partial charge in [0.2, 0.25) is 0 Å². The first-order valence-corrected chi connectivity index (χ1v) is 3.40. The van der Waals surface area contributed by atoms with Crippen LogP contribution in [0.15, 0.2) is 0 Å². The Bertz CT molecular complexity index is 51.5. The van der Waals surface area contributed by atoms with Gasteiger partial charge in [-0.05, 0) is 13.3 Å². The molecule has 0 aromatic rings. The topological polar surface area (TPSA) is 23.9 Å². The molecule has 0 saturated heterocycles. The maximum Gasteiger partial charge on any atom is 0.00658 e. The van der Waals surface area contributed by atoms with E-state index in [1.54, 1.807) is 0 Å². The molecule has 0 aromatic heterocycles. The Morgan fingerprint density at radius 2 is 2.33 bits per heavy atom. The van der Waals surface area contributed by atoms with Gasteiger partial charge >= 0.3 is 0 Å². The lowest BCUT2D eigenvalue weighted by molar-refractivity contribution is 1.27. The summed E-state index contributed by atoms with van der Waals surface area (Å²) in [5.74, 6) is 0. The number of nitrogens with one attached hydrogen (secondary N) is 1. The SMILES string of the molecule is CC(=N)CCI. The zero-order valence-corrected chi connectivity index (χ0v) is 5.95. The van der Waals surface area contributed by atoms with Crippen LogP contribution in [-0.2, 0) is 0 Å². The van der Waals surface area contributed by atoms with Crippen LogP contribution in [0.3, 0.4) is 0 Å². The van der Waals surface area contributed by atoms with Crippen molar-refractivity contribution in [2.24, 2.45) is 0 Å². The zero-order valence-electron chi connectivity index (χ0n) is 3.79. The minimum Gasteiger partial charge on any atom is -0.310 e. The molecule has 0 fully saturated rings. The van der Waals surface area contributed by atoms with Crippen molar-refractivity contribution in [2.45, 2.75) is 13.3 Å². The van der Waals surface area contributed by atoms with E-state index >= 15 is 0 Å². The molecule has 1 nitrogen and oxygen atoms in total. The summed E-state index contributed by atoms with van der Waals surface area (Å²) in [5.41, 5.74) is 0.782. The molecule has 0 aliphatic heterocycles. The summed E-state index contributed by atoms with van der Waals surface area (Å²) in [6.07, 6.45) is 0.945. The highest BCUT2D eigenvalue weighted by atomic mass is 127. The summed E-state index contributed by atoms with van der Waals surface area (Å²) in [5, 5.41) is 6.89. The third-order valence-corrected chi connectivity index (χ3v) is 1.01. The standard InChI is InChI=1S/C4H8IN/c1-4(6)2-3-5/h6H,2-3H2,1H3. The van der Waals surface area contributed by atoms with Gasteiger partial charge in [-0.15, -0.1) is 0 Å². The Morgan fingerprint density at radius 1 is 1.83 bits per heavy atom. The smallest absolute Gasteiger partial charge is 0.00658 e. The van der Waals surface area contributed by atoms with Crippen molar-refractivity contribution in [1.82, 2.24) is 0 Å². The first kappa shape index (κ1) is 6.40. The van der Waals surface area contributed by atoms with Gasteiger partial charge in [-0.2, -0.15) is 0 Å². The Morgan fingerprint density at radius 3 is 2.33 bits per heavy atom. The highest BCUT2D eigenvalue weighted by Gasteiger charge is 1.79. The van der Waals surface area contributed by atoms with Crippen molar-refractivity contribution in [3.8, 4) is 0 Å². The Kier molecular flexibility index (Phi) is 3.82. The molecular weight excluding hydrogens is 189 g/mol. The largest absolute Gasteiger partial charge is 0.310 e. The van der Waals surface area contributed by atoms with Gasteiger partial charge in [0, 0.05) is 10.1 Å². The summed E-state index contributed by atoms with van der Waals surface area (Å²) in [7, 11) is 0. The van der Waals surface area contributed by atoms with Gasteiger partial charge in [0.1, 0.15) is 0 Å². The van der Waals surface area contributed by atoms with Gasteiger partial charge < -0.3 is 5.41 Å². The molecule has 6 heavy (non-hydrogen) atoms. The summed E-state index contributed by atoms with van der Waals surface area (Å²) >= 11 is 2.26. The zero-order chi connectivity index (χ0) is 4.99. The molecule has 0 amide bonds. The average molecular weight is 197 g/mol. The Balaban J connectivity index is 2.83. The third kappa shape index (κ3) is 4.40. The van der Waals surface area contributed by atoms with E-state index in [2.05, 4.69) is 22.6 Å². The van der Waals surface area contributed by atoms with Crippen LogP contribution >= 0.6 is 22.6 Å². The van der Waals surface area contributed by atoms with Crippen LogP contribution in [0.4, 0.5) is 0 Å². The number of halogens is 1. The molecular formula is C4H8IN. The van der Waals surface area contributed by atoms with Crippen LogP contribution in [0.1, 0.15) is 13.3 Å². The molecule has 0 radical (unpaired) electrons. The van der Waals surface area contributed by atoms with E-state index in [1.807, 2.05) is 6.92 Å². The van der Waals surface area contributed by atoms with E-state index in [0.717, 1.165) is 16.6 Å². The van der Waals surface area contributed by atoms with Crippen LogP contribution in [0.5, 0.6) is 0 Å². The van der Waals surface area contributed by atoms with Crippen molar-refractivity contribution >= 4 is 28.3 Å². The molecule has 0 bridgehead atoms. The summed E-state index contributed by atoms with van der Waals surface area (Å²) < 4.78 is 1.08. The second-order valence-corrected chi connectivity index (χ2v) is 2.30. The first-order valence-electron chi connectivity index (χ1n) is 1.87. The van der Waals surface area contributed by atoms with Gasteiger partial charge in [0.25, 0.3) is 0 Å². The summed E-state index contributed by atoms with van der Waals surface area (Å²) in [6, 6.07) is 0. The summed E-state index contributed by atoms with van der Waals surface area (Å²) in [6.45, 7) is 1.83. The average Bonchev–Trinajstić information content (AvgIpc) is 1.35. The highest BCUT2D eigenvalue weighted by molar-refractivity contribution is 14.1. The van der Waals surface area contributed by atoms with Crippen LogP contribution in [0.2, 0.25) is 0 Å². The van der Waals surface area contributed by atoms with Gasteiger partial charge in [0.15, 0.2) is 0 Å². The van der Waals surface area contributed by atoms with E-state index in [-0.39, 0.29) is 0 Å². The molecule has 36 valence electrons. The molecule has 0 heterocycles. The number of hydrogen-bond donors (Lipinski definition) is 1. The Hall–Kier alpha value is 0.400. The molecule has 2 heteroatoms. The number of rotatable bonds is 2.